The number of primary amides is 1. The lowest BCUT2D eigenvalue weighted by molar-refractivity contribution is 0.0990. The van der Waals surface area contributed by atoms with E-state index in [0.717, 1.165) is 0 Å². The maximum Gasteiger partial charge on any atom is 0.288 e. The molecule has 0 saturated heterocycles. The van der Waals surface area contributed by atoms with Crippen molar-refractivity contribution in [1.82, 2.24) is 14.8 Å². The van der Waals surface area contributed by atoms with E-state index in [1.165, 1.54) is 28.9 Å². The molecular weight excluding hydrogens is 307 g/mol. The topological polar surface area (TPSA) is 73.8 Å². The van der Waals surface area contributed by atoms with Gasteiger partial charge in [-0.3, -0.25) is 4.79 Å². The van der Waals surface area contributed by atoms with Gasteiger partial charge in [-0.1, -0.05) is 11.6 Å². The van der Waals surface area contributed by atoms with Gasteiger partial charge in [0.15, 0.2) is 5.82 Å². The lowest BCUT2D eigenvalue weighted by Gasteiger charge is -2.06. The molecule has 0 fully saturated rings. The zero-order valence-corrected chi connectivity index (χ0v) is 12.0. The van der Waals surface area contributed by atoms with Crippen LogP contribution in [0.5, 0.6) is 0 Å². The second-order valence-corrected chi connectivity index (χ2v) is 4.95. The summed E-state index contributed by atoms with van der Waals surface area (Å²) in [6.07, 6.45) is 0. The van der Waals surface area contributed by atoms with Gasteiger partial charge < -0.3 is 5.73 Å². The SMILES string of the molecule is NC(=O)c1nc(-c2ccc(Cl)cc2)n(-c2ccc(F)cc2)n1. The second kappa shape index (κ2) is 5.57. The van der Waals surface area contributed by atoms with E-state index >= 15 is 0 Å². The summed E-state index contributed by atoms with van der Waals surface area (Å²) in [5.41, 5.74) is 6.51. The van der Waals surface area contributed by atoms with Crippen molar-refractivity contribution < 1.29 is 9.18 Å². The number of aromatic nitrogens is 3. The summed E-state index contributed by atoms with van der Waals surface area (Å²) >= 11 is 5.87. The molecule has 0 bridgehead atoms. The van der Waals surface area contributed by atoms with Gasteiger partial charge in [0, 0.05) is 10.6 Å². The molecule has 0 aliphatic rings. The maximum absolute atomic E-state index is 13.1. The predicted molar refractivity (Wildman–Crippen MR) is 80.3 cm³/mol. The average molecular weight is 317 g/mol. The Hall–Kier alpha value is -2.73. The molecule has 1 aromatic heterocycles. The third-order valence-corrected chi connectivity index (χ3v) is 3.25. The van der Waals surface area contributed by atoms with Crippen LogP contribution >= 0.6 is 11.6 Å². The summed E-state index contributed by atoms with van der Waals surface area (Å²) in [4.78, 5) is 15.5. The highest BCUT2D eigenvalue weighted by Gasteiger charge is 2.16. The first-order valence-corrected chi connectivity index (χ1v) is 6.71. The highest BCUT2D eigenvalue weighted by Crippen LogP contribution is 2.23. The van der Waals surface area contributed by atoms with Crippen LogP contribution in [0, 0.1) is 5.82 Å². The first-order chi connectivity index (χ1) is 10.5. The third-order valence-electron chi connectivity index (χ3n) is 3.00. The number of benzene rings is 2. The molecule has 2 N–H and O–H groups in total. The van der Waals surface area contributed by atoms with E-state index in [0.29, 0.717) is 22.1 Å². The molecule has 1 amide bonds. The zero-order valence-electron chi connectivity index (χ0n) is 11.2. The molecular formula is C15H10ClFN4O. The van der Waals surface area contributed by atoms with Crippen LogP contribution in [0.1, 0.15) is 10.6 Å². The van der Waals surface area contributed by atoms with Crippen LogP contribution in [-0.2, 0) is 0 Å². The number of nitrogens with zero attached hydrogens (tertiary/aromatic N) is 3. The van der Waals surface area contributed by atoms with Gasteiger partial charge in [-0.2, -0.15) is 0 Å². The van der Waals surface area contributed by atoms with Crippen molar-refractivity contribution in [2.24, 2.45) is 5.73 Å². The van der Waals surface area contributed by atoms with Crippen LogP contribution in [0.2, 0.25) is 5.02 Å². The lowest BCUT2D eigenvalue weighted by Crippen LogP contribution is -2.13. The molecule has 0 aliphatic heterocycles. The minimum absolute atomic E-state index is 0.116. The highest BCUT2D eigenvalue weighted by molar-refractivity contribution is 6.30. The Balaban J connectivity index is 2.17. The number of nitrogens with two attached hydrogens (primary N) is 1. The van der Waals surface area contributed by atoms with Gasteiger partial charge in [0.05, 0.1) is 5.69 Å². The molecule has 0 radical (unpaired) electrons. The van der Waals surface area contributed by atoms with E-state index in [9.17, 15) is 9.18 Å². The normalized spacial score (nSPS) is 10.6. The van der Waals surface area contributed by atoms with Crippen LogP contribution in [0.15, 0.2) is 48.5 Å². The molecule has 3 rings (SSSR count). The fourth-order valence-corrected chi connectivity index (χ4v) is 2.09. The molecule has 0 aliphatic carbocycles. The quantitative estimate of drug-likeness (QED) is 0.807. The van der Waals surface area contributed by atoms with Crippen molar-refractivity contribution in [2.75, 3.05) is 0 Å². The molecule has 110 valence electrons. The lowest BCUT2D eigenvalue weighted by atomic mass is 10.2. The van der Waals surface area contributed by atoms with Crippen molar-refractivity contribution in [1.29, 1.82) is 0 Å². The van der Waals surface area contributed by atoms with Crippen LogP contribution < -0.4 is 5.73 Å². The Labute approximate surface area is 130 Å². The Morgan fingerprint density at radius 2 is 1.73 bits per heavy atom. The van der Waals surface area contributed by atoms with Gasteiger partial charge in [-0.25, -0.2) is 14.1 Å². The number of carbonyl (C=O) groups excluding carboxylic acids is 1. The minimum atomic E-state index is -0.740. The maximum atomic E-state index is 13.1. The number of rotatable bonds is 3. The van der Waals surface area contributed by atoms with E-state index in [2.05, 4.69) is 10.1 Å². The van der Waals surface area contributed by atoms with Gasteiger partial charge >= 0.3 is 0 Å². The highest BCUT2D eigenvalue weighted by atomic mass is 35.5. The van der Waals surface area contributed by atoms with Gasteiger partial charge in [0.1, 0.15) is 5.82 Å². The zero-order chi connectivity index (χ0) is 15.7. The monoisotopic (exact) mass is 316 g/mol. The molecule has 0 saturated carbocycles. The molecule has 3 aromatic rings. The molecule has 1 heterocycles. The second-order valence-electron chi connectivity index (χ2n) is 4.52. The summed E-state index contributed by atoms with van der Waals surface area (Å²) in [5, 5.41) is 4.66. The van der Waals surface area contributed by atoms with E-state index in [1.54, 1.807) is 24.3 Å². The Morgan fingerprint density at radius 1 is 1.09 bits per heavy atom. The molecule has 22 heavy (non-hydrogen) atoms. The van der Waals surface area contributed by atoms with Crippen molar-refractivity contribution in [3.63, 3.8) is 0 Å². The van der Waals surface area contributed by atoms with Crippen LogP contribution in [0.3, 0.4) is 0 Å². The number of hydrogen-bond donors (Lipinski definition) is 1. The van der Waals surface area contributed by atoms with Gasteiger partial charge in [0.2, 0.25) is 5.82 Å². The van der Waals surface area contributed by atoms with Crippen LogP contribution in [0.25, 0.3) is 17.1 Å². The predicted octanol–water partition coefficient (Wildman–Crippen LogP) is 2.83. The molecule has 0 spiro atoms. The first kappa shape index (κ1) is 14.2. The van der Waals surface area contributed by atoms with Gasteiger partial charge in [-0.15, -0.1) is 5.10 Å². The van der Waals surface area contributed by atoms with E-state index in [-0.39, 0.29) is 11.6 Å². The fraction of sp³-hybridized carbons (Fsp3) is 0. The van der Waals surface area contributed by atoms with Crippen molar-refractivity contribution in [3.05, 3.63) is 65.2 Å². The first-order valence-electron chi connectivity index (χ1n) is 6.33. The standard InChI is InChI=1S/C15H10ClFN4O/c16-10-3-1-9(2-4-10)15-19-14(13(18)22)20-21(15)12-7-5-11(17)6-8-12/h1-8H,(H2,18,22). The molecule has 0 atom stereocenters. The molecule has 5 nitrogen and oxygen atoms in total. The number of hydrogen-bond acceptors (Lipinski definition) is 3. The molecule has 0 unspecified atom stereocenters. The van der Waals surface area contributed by atoms with E-state index in [1.807, 2.05) is 0 Å². The van der Waals surface area contributed by atoms with Crippen LogP contribution in [0.4, 0.5) is 4.39 Å². The van der Waals surface area contributed by atoms with Gasteiger partial charge in [0.25, 0.3) is 5.91 Å². The molecule has 7 heteroatoms. The fourth-order valence-electron chi connectivity index (χ4n) is 1.96. The minimum Gasteiger partial charge on any atom is -0.363 e. The third kappa shape index (κ3) is 2.68. The number of halogens is 2. The molecule has 2 aromatic carbocycles. The number of amides is 1. The smallest absolute Gasteiger partial charge is 0.288 e. The Bertz CT molecular complexity index is 765. The van der Waals surface area contributed by atoms with Gasteiger partial charge in [-0.05, 0) is 48.5 Å². The van der Waals surface area contributed by atoms with Crippen molar-refractivity contribution in [3.8, 4) is 17.1 Å². The van der Waals surface area contributed by atoms with E-state index < -0.39 is 5.91 Å². The Kier molecular flexibility index (Phi) is 3.60. The summed E-state index contributed by atoms with van der Waals surface area (Å²) < 4.78 is 14.5. The van der Waals surface area contributed by atoms with E-state index in [4.69, 9.17) is 17.3 Å². The summed E-state index contributed by atoms with van der Waals surface area (Å²) in [7, 11) is 0. The summed E-state index contributed by atoms with van der Waals surface area (Å²) in [6.45, 7) is 0. The number of carbonyl (C=O) groups is 1. The summed E-state index contributed by atoms with van der Waals surface area (Å²) in [5.74, 6) is -0.811. The Morgan fingerprint density at radius 3 is 2.32 bits per heavy atom. The van der Waals surface area contributed by atoms with Crippen LogP contribution in [-0.4, -0.2) is 20.7 Å². The van der Waals surface area contributed by atoms with Crippen molar-refractivity contribution >= 4 is 17.5 Å². The van der Waals surface area contributed by atoms with Crippen molar-refractivity contribution in [2.45, 2.75) is 0 Å². The largest absolute Gasteiger partial charge is 0.363 e. The summed E-state index contributed by atoms with van der Waals surface area (Å²) in [6, 6.07) is 12.6. The average Bonchev–Trinajstić information content (AvgIpc) is 2.94.